The van der Waals surface area contributed by atoms with Crippen LogP contribution in [0.4, 0.5) is 11.4 Å². The van der Waals surface area contributed by atoms with Gasteiger partial charge >= 0.3 is 0 Å². The largest absolute Gasteiger partial charge is 0.484 e. The van der Waals surface area contributed by atoms with Crippen LogP contribution in [0.5, 0.6) is 5.75 Å². The number of nitrogens with one attached hydrogen (secondary N) is 2. The Morgan fingerprint density at radius 1 is 1.14 bits per heavy atom. The van der Waals surface area contributed by atoms with E-state index in [4.69, 9.17) is 4.74 Å². The van der Waals surface area contributed by atoms with Gasteiger partial charge in [-0.25, -0.2) is 0 Å². The summed E-state index contributed by atoms with van der Waals surface area (Å²) < 4.78 is 6.37. The molecule has 0 saturated carbocycles. The molecule has 2 aromatic carbocycles. The molecule has 2 aromatic rings. The van der Waals surface area contributed by atoms with E-state index in [1.165, 1.54) is 0 Å². The maximum absolute atomic E-state index is 12.0. The number of amides is 3. The first-order valence-corrected chi connectivity index (χ1v) is 10.1. The van der Waals surface area contributed by atoms with Crippen molar-refractivity contribution in [2.24, 2.45) is 0 Å². The van der Waals surface area contributed by atoms with Gasteiger partial charge in [0.1, 0.15) is 5.75 Å². The lowest BCUT2D eigenvalue weighted by Crippen LogP contribution is -2.35. The molecule has 8 heteroatoms. The molecule has 0 aliphatic carbocycles. The SMILES string of the molecule is Cc1cc(Br)ccc1NC(=O)CNC(=O)COc1ccc(N2CCCC2=O)cc1. The Morgan fingerprint density at radius 3 is 2.55 bits per heavy atom. The zero-order valence-electron chi connectivity index (χ0n) is 16.0. The Morgan fingerprint density at radius 2 is 1.90 bits per heavy atom. The van der Waals surface area contributed by atoms with Gasteiger partial charge in [-0.1, -0.05) is 15.9 Å². The second-order valence-corrected chi connectivity index (χ2v) is 7.63. The van der Waals surface area contributed by atoms with Crippen molar-refractivity contribution >= 4 is 45.0 Å². The standard InChI is InChI=1S/C21H22BrN3O4/c1-14-11-15(22)4-9-18(14)24-19(26)12-23-20(27)13-29-17-7-5-16(6-8-17)25-10-2-3-21(25)28/h4-9,11H,2-3,10,12-13H2,1H3,(H,23,27)(H,24,26). The second-order valence-electron chi connectivity index (χ2n) is 6.72. The quantitative estimate of drug-likeness (QED) is 0.665. The molecule has 7 nitrogen and oxygen atoms in total. The van der Waals surface area contributed by atoms with Gasteiger partial charge in [-0.2, -0.15) is 0 Å². The van der Waals surface area contributed by atoms with Crippen LogP contribution >= 0.6 is 15.9 Å². The van der Waals surface area contributed by atoms with Crippen molar-refractivity contribution in [3.8, 4) is 5.75 Å². The predicted octanol–water partition coefficient (Wildman–Crippen LogP) is 3.02. The van der Waals surface area contributed by atoms with E-state index in [2.05, 4.69) is 26.6 Å². The molecule has 0 aromatic heterocycles. The summed E-state index contributed by atoms with van der Waals surface area (Å²) in [5.41, 5.74) is 2.44. The minimum atomic E-state index is -0.397. The summed E-state index contributed by atoms with van der Waals surface area (Å²) in [6, 6.07) is 12.6. The topological polar surface area (TPSA) is 87.7 Å². The monoisotopic (exact) mass is 459 g/mol. The molecule has 0 bridgehead atoms. The third kappa shape index (κ3) is 5.80. The number of rotatable bonds is 7. The van der Waals surface area contributed by atoms with Gasteiger partial charge in [0.25, 0.3) is 5.91 Å². The fourth-order valence-corrected chi connectivity index (χ4v) is 3.46. The van der Waals surface area contributed by atoms with E-state index < -0.39 is 5.91 Å². The van der Waals surface area contributed by atoms with Crippen molar-refractivity contribution < 1.29 is 19.1 Å². The molecule has 0 atom stereocenters. The molecule has 152 valence electrons. The molecule has 0 radical (unpaired) electrons. The maximum Gasteiger partial charge on any atom is 0.258 e. The van der Waals surface area contributed by atoms with Gasteiger partial charge in [0.2, 0.25) is 11.8 Å². The fourth-order valence-electron chi connectivity index (χ4n) is 2.98. The number of aryl methyl sites for hydroxylation is 1. The molecule has 0 unspecified atom stereocenters. The van der Waals surface area contributed by atoms with Crippen molar-refractivity contribution in [1.82, 2.24) is 5.32 Å². The third-order valence-electron chi connectivity index (χ3n) is 4.50. The van der Waals surface area contributed by atoms with Gasteiger partial charge in [0.15, 0.2) is 6.61 Å². The van der Waals surface area contributed by atoms with Gasteiger partial charge in [-0.3, -0.25) is 14.4 Å². The van der Waals surface area contributed by atoms with Gasteiger partial charge in [-0.05, 0) is 61.4 Å². The highest BCUT2D eigenvalue weighted by molar-refractivity contribution is 9.10. The zero-order chi connectivity index (χ0) is 20.8. The summed E-state index contributed by atoms with van der Waals surface area (Å²) in [6.07, 6.45) is 1.44. The zero-order valence-corrected chi connectivity index (χ0v) is 17.6. The highest BCUT2D eigenvalue weighted by atomic mass is 79.9. The van der Waals surface area contributed by atoms with Crippen LogP contribution in [0, 0.1) is 6.92 Å². The Balaban J connectivity index is 1.41. The maximum atomic E-state index is 12.0. The average Bonchev–Trinajstić information content (AvgIpc) is 3.13. The van der Waals surface area contributed by atoms with E-state index in [1.807, 2.05) is 19.1 Å². The lowest BCUT2D eigenvalue weighted by molar-refractivity contribution is -0.125. The molecular weight excluding hydrogens is 438 g/mol. The Hall–Kier alpha value is -2.87. The lowest BCUT2D eigenvalue weighted by Gasteiger charge is -2.16. The van der Waals surface area contributed by atoms with Crippen molar-refractivity contribution in [2.45, 2.75) is 19.8 Å². The minimum Gasteiger partial charge on any atom is -0.484 e. The average molecular weight is 460 g/mol. The van der Waals surface area contributed by atoms with Crippen molar-refractivity contribution in [1.29, 1.82) is 0 Å². The molecule has 1 fully saturated rings. The normalized spacial score (nSPS) is 13.3. The summed E-state index contributed by atoms with van der Waals surface area (Å²) in [5.74, 6) is -0.0741. The molecule has 2 N–H and O–H groups in total. The summed E-state index contributed by atoms with van der Waals surface area (Å²) in [7, 11) is 0. The molecule has 1 saturated heterocycles. The molecule has 1 aliphatic heterocycles. The first-order chi connectivity index (χ1) is 13.9. The van der Waals surface area contributed by atoms with E-state index in [1.54, 1.807) is 35.2 Å². The molecule has 1 aliphatic rings. The van der Waals surface area contributed by atoms with E-state index >= 15 is 0 Å². The molecule has 3 rings (SSSR count). The van der Waals surface area contributed by atoms with Gasteiger partial charge in [-0.15, -0.1) is 0 Å². The number of carbonyl (C=O) groups is 3. The minimum absolute atomic E-state index is 0.120. The summed E-state index contributed by atoms with van der Waals surface area (Å²) in [4.78, 5) is 37.4. The number of carbonyl (C=O) groups excluding carboxylic acids is 3. The molecule has 3 amide bonds. The van der Waals surface area contributed by atoms with E-state index in [-0.39, 0.29) is 25.0 Å². The highest BCUT2D eigenvalue weighted by Gasteiger charge is 2.21. The van der Waals surface area contributed by atoms with Crippen LogP contribution in [0.25, 0.3) is 0 Å². The Labute approximate surface area is 177 Å². The number of hydrogen-bond acceptors (Lipinski definition) is 4. The molecule has 29 heavy (non-hydrogen) atoms. The number of halogens is 1. The molecule has 1 heterocycles. The first-order valence-electron chi connectivity index (χ1n) is 9.28. The second kappa shape index (κ2) is 9.56. The van der Waals surface area contributed by atoms with Crippen molar-refractivity contribution in [3.05, 3.63) is 52.5 Å². The molecular formula is C21H22BrN3O4. The lowest BCUT2D eigenvalue weighted by atomic mass is 10.2. The van der Waals surface area contributed by atoms with Crippen LogP contribution < -0.4 is 20.3 Å². The number of nitrogens with zero attached hydrogens (tertiary/aromatic N) is 1. The summed E-state index contributed by atoms with van der Waals surface area (Å²) in [6.45, 7) is 2.27. The van der Waals surface area contributed by atoms with Crippen LogP contribution in [-0.2, 0) is 14.4 Å². The van der Waals surface area contributed by atoms with E-state index in [9.17, 15) is 14.4 Å². The number of ether oxygens (including phenoxy) is 1. The van der Waals surface area contributed by atoms with Crippen molar-refractivity contribution in [3.63, 3.8) is 0 Å². The third-order valence-corrected chi connectivity index (χ3v) is 4.99. The van der Waals surface area contributed by atoms with Crippen LogP contribution in [0.1, 0.15) is 18.4 Å². The summed E-state index contributed by atoms with van der Waals surface area (Å²) >= 11 is 3.37. The van der Waals surface area contributed by atoms with Gasteiger partial charge in [0, 0.05) is 28.8 Å². The van der Waals surface area contributed by atoms with Crippen LogP contribution in [-0.4, -0.2) is 37.4 Å². The summed E-state index contributed by atoms with van der Waals surface area (Å²) in [5, 5.41) is 5.28. The van der Waals surface area contributed by atoms with Crippen LogP contribution in [0.2, 0.25) is 0 Å². The Kier molecular flexibility index (Phi) is 6.87. The van der Waals surface area contributed by atoms with Crippen molar-refractivity contribution in [2.75, 3.05) is 29.9 Å². The predicted molar refractivity (Wildman–Crippen MR) is 114 cm³/mol. The van der Waals surface area contributed by atoms with Gasteiger partial charge in [0.05, 0.1) is 6.54 Å². The van der Waals surface area contributed by atoms with E-state index in [0.29, 0.717) is 17.9 Å². The number of benzene rings is 2. The fraction of sp³-hybridized carbons (Fsp3) is 0.286. The van der Waals surface area contributed by atoms with Gasteiger partial charge < -0.3 is 20.3 Å². The number of anilines is 2. The first kappa shape index (κ1) is 20.9. The van der Waals surface area contributed by atoms with E-state index in [0.717, 1.165) is 28.7 Å². The van der Waals surface area contributed by atoms with Crippen LogP contribution in [0.3, 0.4) is 0 Å². The molecule has 0 spiro atoms. The smallest absolute Gasteiger partial charge is 0.258 e. The van der Waals surface area contributed by atoms with Crippen LogP contribution in [0.15, 0.2) is 46.9 Å². The number of hydrogen-bond donors (Lipinski definition) is 2. The highest BCUT2D eigenvalue weighted by Crippen LogP contribution is 2.24. The Bertz CT molecular complexity index is 915.